The minimum absolute atomic E-state index is 0.364. The lowest BCUT2D eigenvalue weighted by molar-refractivity contribution is 0.274. The standard InChI is InChI=1S/C14H30N4O2S/c1-11(2)12(3)17-14(15-4)16-10-13-6-8-18(9-7-13)21(5,19)20/h11-13H,6-10H2,1-5H3,(H2,15,16,17). The van der Waals surface area contributed by atoms with Crippen molar-refractivity contribution in [3.8, 4) is 0 Å². The maximum absolute atomic E-state index is 11.5. The van der Waals surface area contributed by atoms with Gasteiger partial charge < -0.3 is 10.6 Å². The Morgan fingerprint density at radius 1 is 1.29 bits per heavy atom. The molecule has 6 nitrogen and oxygen atoms in total. The van der Waals surface area contributed by atoms with E-state index in [1.807, 2.05) is 0 Å². The van der Waals surface area contributed by atoms with Crippen molar-refractivity contribution in [2.24, 2.45) is 16.8 Å². The summed E-state index contributed by atoms with van der Waals surface area (Å²) in [6.07, 6.45) is 3.08. The highest BCUT2D eigenvalue weighted by Crippen LogP contribution is 2.18. The summed E-state index contributed by atoms with van der Waals surface area (Å²) in [5.74, 6) is 1.86. The summed E-state index contributed by atoms with van der Waals surface area (Å²) in [4.78, 5) is 4.24. The van der Waals surface area contributed by atoms with Gasteiger partial charge >= 0.3 is 0 Å². The van der Waals surface area contributed by atoms with Gasteiger partial charge in [-0.3, -0.25) is 4.99 Å². The third kappa shape index (κ3) is 6.22. The molecule has 124 valence electrons. The van der Waals surface area contributed by atoms with Crippen molar-refractivity contribution in [1.82, 2.24) is 14.9 Å². The summed E-state index contributed by atoms with van der Waals surface area (Å²) >= 11 is 0. The predicted octanol–water partition coefficient (Wildman–Crippen LogP) is 0.868. The average Bonchev–Trinajstić information content (AvgIpc) is 2.42. The van der Waals surface area contributed by atoms with Crippen LogP contribution in [0.15, 0.2) is 4.99 Å². The zero-order valence-corrected chi connectivity index (χ0v) is 14.7. The third-order valence-electron chi connectivity index (χ3n) is 4.19. The Balaban J connectivity index is 2.36. The fourth-order valence-electron chi connectivity index (χ4n) is 2.26. The molecule has 1 aliphatic rings. The van der Waals surface area contributed by atoms with Crippen LogP contribution < -0.4 is 10.6 Å². The number of piperidine rings is 1. The van der Waals surface area contributed by atoms with Crippen LogP contribution in [-0.4, -0.2) is 57.7 Å². The van der Waals surface area contributed by atoms with Crippen LogP contribution in [0.25, 0.3) is 0 Å². The molecule has 0 spiro atoms. The van der Waals surface area contributed by atoms with Gasteiger partial charge in [-0.2, -0.15) is 0 Å². The van der Waals surface area contributed by atoms with E-state index in [2.05, 4.69) is 36.4 Å². The first-order valence-electron chi connectivity index (χ1n) is 7.66. The number of guanidine groups is 1. The SMILES string of the molecule is CN=C(NCC1CCN(S(C)(=O)=O)CC1)NC(C)C(C)C. The van der Waals surface area contributed by atoms with E-state index >= 15 is 0 Å². The van der Waals surface area contributed by atoms with Crippen molar-refractivity contribution in [3.05, 3.63) is 0 Å². The molecule has 1 fully saturated rings. The quantitative estimate of drug-likeness (QED) is 0.583. The lowest BCUT2D eigenvalue weighted by Crippen LogP contribution is -2.47. The molecule has 0 bridgehead atoms. The van der Waals surface area contributed by atoms with Gasteiger partial charge in [-0.05, 0) is 31.6 Å². The maximum Gasteiger partial charge on any atom is 0.211 e. The Labute approximate surface area is 129 Å². The van der Waals surface area contributed by atoms with Crippen LogP contribution in [0.2, 0.25) is 0 Å². The summed E-state index contributed by atoms with van der Waals surface area (Å²) in [5, 5.41) is 6.72. The summed E-state index contributed by atoms with van der Waals surface area (Å²) in [7, 11) is -1.26. The van der Waals surface area contributed by atoms with E-state index in [0.717, 1.165) is 25.3 Å². The van der Waals surface area contributed by atoms with Crippen molar-refractivity contribution < 1.29 is 8.42 Å². The minimum Gasteiger partial charge on any atom is -0.356 e. The fourth-order valence-corrected chi connectivity index (χ4v) is 3.14. The van der Waals surface area contributed by atoms with Gasteiger partial charge in [0.1, 0.15) is 0 Å². The molecular weight excluding hydrogens is 288 g/mol. The maximum atomic E-state index is 11.5. The largest absolute Gasteiger partial charge is 0.356 e. The second kappa shape index (κ2) is 7.98. The summed E-state index contributed by atoms with van der Waals surface area (Å²) in [5.41, 5.74) is 0. The smallest absolute Gasteiger partial charge is 0.211 e. The molecule has 0 aromatic rings. The van der Waals surface area contributed by atoms with Crippen LogP contribution in [0.5, 0.6) is 0 Å². The predicted molar refractivity (Wildman–Crippen MR) is 87.9 cm³/mol. The number of nitrogens with one attached hydrogen (secondary N) is 2. The number of hydrogen-bond acceptors (Lipinski definition) is 3. The topological polar surface area (TPSA) is 73.8 Å². The fraction of sp³-hybridized carbons (Fsp3) is 0.929. The van der Waals surface area contributed by atoms with Crippen molar-refractivity contribution in [1.29, 1.82) is 0 Å². The lowest BCUT2D eigenvalue weighted by atomic mass is 9.98. The molecule has 1 aliphatic heterocycles. The highest BCUT2D eigenvalue weighted by Gasteiger charge is 2.24. The Kier molecular flexibility index (Phi) is 6.93. The average molecular weight is 318 g/mol. The highest BCUT2D eigenvalue weighted by atomic mass is 32.2. The normalized spacial score (nSPS) is 20.6. The van der Waals surface area contributed by atoms with Gasteiger partial charge in [0.15, 0.2) is 5.96 Å². The van der Waals surface area contributed by atoms with E-state index in [-0.39, 0.29) is 0 Å². The number of nitrogens with zero attached hydrogens (tertiary/aromatic N) is 2. The van der Waals surface area contributed by atoms with Crippen molar-refractivity contribution in [2.75, 3.05) is 32.9 Å². The van der Waals surface area contributed by atoms with Gasteiger partial charge in [-0.25, -0.2) is 12.7 Å². The van der Waals surface area contributed by atoms with Gasteiger partial charge in [-0.1, -0.05) is 13.8 Å². The third-order valence-corrected chi connectivity index (χ3v) is 5.49. The molecule has 1 rings (SSSR count). The zero-order chi connectivity index (χ0) is 16.0. The Hall–Kier alpha value is -0.820. The molecule has 0 aromatic carbocycles. The Morgan fingerprint density at radius 2 is 1.86 bits per heavy atom. The monoisotopic (exact) mass is 318 g/mol. The highest BCUT2D eigenvalue weighted by molar-refractivity contribution is 7.88. The first-order chi connectivity index (χ1) is 9.74. The van der Waals surface area contributed by atoms with Gasteiger partial charge in [0, 0.05) is 32.7 Å². The molecule has 0 amide bonds. The van der Waals surface area contributed by atoms with Crippen LogP contribution in [0.1, 0.15) is 33.6 Å². The van der Waals surface area contributed by atoms with Crippen molar-refractivity contribution in [2.45, 2.75) is 39.7 Å². The van der Waals surface area contributed by atoms with E-state index in [9.17, 15) is 8.42 Å². The number of hydrogen-bond donors (Lipinski definition) is 2. The molecule has 21 heavy (non-hydrogen) atoms. The van der Waals surface area contributed by atoms with Gasteiger partial charge in [0.25, 0.3) is 0 Å². The molecule has 7 heteroatoms. The van der Waals surface area contributed by atoms with E-state index in [0.29, 0.717) is 31.0 Å². The molecule has 0 aromatic heterocycles. The Morgan fingerprint density at radius 3 is 2.29 bits per heavy atom. The van der Waals surface area contributed by atoms with Crippen molar-refractivity contribution in [3.63, 3.8) is 0 Å². The number of aliphatic imine (C=N–C) groups is 1. The molecule has 0 saturated carbocycles. The molecule has 1 heterocycles. The Bertz CT molecular complexity index is 440. The van der Waals surface area contributed by atoms with Gasteiger partial charge in [0.2, 0.25) is 10.0 Å². The van der Waals surface area contributed by atoms with E-state index < -0.39 is 10.0 Å². The molecular formula is C14H30N4O2S. The molecule has 0 radical (unpaired) electrons. The van der Waals surface area contributed by atoms with Crippen LogP contribution in [-0.2, 0) is 10.0 Å². The molecule has 1 unspecified atom stereocenters. The van der Waals surface area contributed by atoms with Gasteiger partial charge in [0.05, 0.1) is 6.26 Å². The van der Waals surface area contributed by atoms with Gasteiger partial charge in [-0.15, -0.1) is 0 Å². The van der Waals surface area contributed by atoms with Crippen LogP contribution >= 0.6 is 0 Å². The molecule has 1 saturated heterocycles. The second-order valence-corrected chi connectivity index (χ2v) is 8.22. The van der Waals surface area contributed by atoms with Crippen LogP contribution in [0.4, 0.5) is 0 Å². The number of rotatable bonds is 5. The zero-order valence-electron chi connectivity index (χ0n) is 13.9. The molecule has 1 atom stereocenters. The van der Waals surface area contributed by atoms with E-state index in [1.165, 1.54) is 6.26 Å². The molecule has 0 aliphatic carbocycles. The van der Waals surface area contributed by atoms with E-state index in [4.69, 9.17) is 0 Å². The summed E-state index contributed by atoms with van der Waals surface area (Å²) in [6.45, 7) is 8.57. The van der Waals surface area contributed by atoms with Crippen LogP contribution in [0, 0.1) is 11.8 Å². The van der Waals surface area contributed by atoms with Crippen molar-refractivity contribution >= 4 is 16.0 Å². The second-order valence-electron chi connectivity index (χ2n) is 6.24. The minimum atomic E-state index is -3.03. The summed E-state index contributed by atoms with van der Waals surface area (Å²) < 4.78 is 24.5. The summed E-state index contributed by atoms with van der Waals surface area (Å²) in [6, 6.07) is 0.364. The van der Waals surface area contributed by atoms with E-state index in [1.54, 1.807) is 11.4 Å². The van der Waals surface area contributed by atoms with Crippen LogP contribution in [0.3, 0.4) is 0 Å². The molecule has 2 N–H and O–H groups in total. The lowest BCUT2D eigenvalue weighted by Gasteiger charge is -2.31. The first kappa shape index (κ1) is 18.2. The number of sulfonamides is 1. The first-order valence-corrected chi connectivity index (χ1v) is 9.51.